The van der Waals surface area contributed by atoms with E-state index in [4.69, 9.17) is 19.9 Å². The van der Waals surface area contributed by atoms with Gasteiger partial charge in [0.05, 0.1) is 38.2 Å². The molecule has 1 saturated heterocycles. The first kappa shape index (κ1) is 24.0. The number of sulfonamides is 1. The molecule has 2 N–H and O–H groups in total. The van der Waals surface area contributed by atoms with Crippen LogP contribution in [0.2, 0.25) is 0 Å². The highest BCUT2D eigenvalue weighted by molar-refractivity contribution is 7.89. The normalized spacial score (nSPS) is 21.3. The van der Waals surface area contributed by atoms with E-state index in [1.54, 1.807) is 49.4 Å². The summed E-state index contributed by atoms with van der Waals surface area (Å²) in [6.07, 6.45) is 0.234. The molecule has 0 aliphatic carbocycles. The van der Waals surface area contributed by atoms with Gasteiger partial charge in [0.15, 0.2) is 0 Å². The lowest BCUT2D eigenvalue weighted by molar-refractivity contribution is -0.144. The number of nitrogens with two attached hydrogens (primary N) is 1. The molecule has 8 nitrogen and oxygen atoms in total. The van der Waals surface area contributed by atoms with Gasteiger partial charge in [-0.05, 0) is 50.1 Å². The molecule has 1 aliphatic rings. The third kappa shape index (κ3) is 4.90. The highest BCUT2D eigenvalue weighted by Crippen LogP contribution is 2.43. The van der Waals surface area contributed by atoms with Gasteiger partial charge in [-0.3, -0.25) is 4.79 Å². The lowest BCUT2D eigenvalue weighted by Crippen LogP contribution is -2.40. The van der Waals surface area contributed by atoms with Crippen LogP contribution >= 0.6 is 0 Å². The fraction of sp³-hybridized carbons (Fsp3) is 0.435. The van der Waals surface area contributed by atoms with Crippen LogP contribution in [0.25, 0.3) is 0 Å². The number of benzene rings is 2. The van der Waals surface area contributed by atoms with Crippen molar-refractivity contribution < 1.29 is 27.4 Å². The van der Waals surface area contributed by atoms with Crippen molar-refractivity contribution in [2.45, 2.75) is 49.7 Å². The quantitative estimate of drug-likeness (QED) is 0.601. The first-order chi connectivity index (χ1) is 15.2. The molecule has 0 spiro atoms. The Morgan fingerprint density at radius 3 is 2.22 bits per heavy atom. The molecule has 0 amide bonds. The summed E-state index contributed by atoms with van der Waals surface area (Å²) in [7, 11) is -0.920. The highest BCUT2D eigenvalue weighted by Gasteiger charge is 2.48. The van der Waals surface area contributed by atoms with Crippen LogP contribution < -0.4 is 15.2 Å². The van der Waals surface area contributed by atoms with Gasteiger partial charge in [-0.15, -0.1) is 0 Å². The lowest BCUT2D eigenvalue weighted by Gasteiger charge is -2.30. The van der Waals surface area contributed by atoms with E-state index < -0.39 is 34.1 Å². The molecule has 1 aliphatic heterocycles. The second kappa shape index (κ2) is 9.89. The molecule has 0 saturated carbocycles. The number of nitrogens with zero attached hydrogens (tertiary/aromatic N) is 1. The molecule has 1 heterocycles. The Kier molecular flexibility index (Phi) is 7.43. The van der Waals surface area contributed by atoms with E-state index in [-0.39, 0.29) is 17.9 Å². The second-order valence-electron chi connectivity index (χ2n) is 7.80. The van der Waals surface area contributed by atoms with Crippen LogP contribution in [0.3, 0.4) is 0 Å². The number of aryl methyl sites for hydroxylation is 1. The van der Waals surface area contributed by atoms with E-state index in [0.29, 0.717) is 23.5 Å². The minimum Gasteiger partial charge on any atom is -0.497 e. The average molecular weight is 463 g/mol. The van der Waals surface area contributed by atoms with Crippen LogP contribution in [0.1, 0.15) is 36.9 Å². The van der Waals surface area contributed by atoms with Crippen molar-refractivity contribution in [3.8, 4) is 11.5 Å². The summed E-state index contributed by atoms with van der Waals surface area (Å²) in [6.45, 7) is 3.82. The van der Waals surface area contributed by atoms with E-state index in [1.165, 1.54) is 18.5 Å². The molecule has 0 aromatic heterocycles. The largest absolute Gasteiger partial charge is 0.497 e. The lowest BCUT2D eigenvalue weighted by atomic mass is 10.00. The summed E-state index contributed by atoms with van der Waals surface area (Å²) in [5, 5.41) is 0. The molecule has 0 unspecified atom stereocenters. The smallest absolute Gasteiger partial charge is 0.307 e. The number of hydrogen-bond acceptors (Lipinski definition) is 7. The number of ether oxygens (including phenoxy) is 3. The van der Waals surface area contributed by atoms with Crippen LogP contribution in [0.4, 0.5) is 0 Å². The second-order valence-corrected chi connectivity index (χ2v) is 9.64. The van der Waals surface area contributed by atoms with E-state index in [0.717, 1.165) is 5.56 Å². The number of rotatable bonds is 8. The Hall–Kier alpha value is -2.62. The Bertz CT molecular complexity index is 1030. The zero-order valence-corrected chi connectivity index (χ0v) is 19.6. The summed E-state index contributed by atoms with van der Waals surface area (Å²) < 4.78 is 44.8. The molecule has 0 radical (unpaired) electrons. The number of hydrogen-bond donors (Lipinski definition) is 1. The van der Waals surface area contributed by atoms with Crippen molar-refractivity contribution in [3.05, 3.63) is 53.6 Å². The molecule has 32 heavy (non-hydrogen) atoms. The van der Waals surface area contributed by atoms with E-state index in [9.17, 15) is 13.2 Å². The van der Waals surface area contributed by atoms with Gasteiger partial charge in [-0.25, -0.2) is 8.42 Å². The van der Waals surface area contributed by atoms with Crippen LogP contribution in [-0.2, 0) is 19.6 Å². The number of carbonyl (C=O) groups excluding carboxylic acids is 1. The minimum atomic E-state index is -3.97. The Labute approximate surface area is 189 Å². The zero-order chi connectivity index (χ0) is 23.5. The maximum atomic E-state index is 13.8. The van der Waals surface area contributed by atoms with Gasteiger partial charge < -0.3 is 19.9 Å². The van der Waals surface area contributed by atoms with Crippen LogP contribution in [0, 0.1) is 6.92 Å². The Morgan fingerprint density at radius 2 is 1.69 bits per heavy atom. The Morgan fingerprint density at radius 1 is 1.09 bits per heavy atom. The van der Waals surface area contributed by atoms with Gasteiger partial charge in [-0.2, -0.15) is 4.31 Å². The zero-order valence-electron chi connectivity index (χ0n) is 18.8. The predicted octanol–water partition coefficient (Wildman–Crippen LogP) is 2.80. The van der Waals surface area contributed by atoms with E-state index in [2.05, 4.69) is 0 Å². The number of esters is 1. The minimum absolute atomic E-state index is 0.0791. The summed E-state index contributed by atoms with van der Waals surface area (Å²) in [6, 6.07) is 9.94. The van der Waals surface area contributed by atoms with Gasteiger partial charge in [0.1, 0.15) is 11.5 Å². The summed E-state index contributed by atoms with van der Waals surface area (Å²) >= 11 is 0. The third-order valence-corrected chi connectivity index (χ3v) is 7.55. The summed E-state index contributed by atoms with van der Waals surface area (Å²) in [5.41, 5.74) is 8.06. The summed E-state index contributed by atoms with van der Waals surface area (Å²) in [4.78, 5) is 12.4. The molecule has 3 rings (SSSR count). The van der Waals surface area contributed by atoms with Crippen LogP contribution in [-0.4, -0.2) is 51.6 Å². The SMILES string of the molecule is CCOC(=O)C[C@@H]1C[C@@H](N)[C@H](c2cc(OC)cc(OC)c2)N1S(=O)(=O)c1ccc(C)cc1. The van der Waals surface area contributed by atoms with Gasteiger partial charge in [0.2, 0.25) is 10.0 Å². The van der Waals surface area contributed by atoms with E-state index >= 15 is 0 Å². The molecule has 2 aromatic rings. The van der Waals surface area contributed by atoms with Crippen molar-refractivity contribution in [1.82, 2.24) is 4.31 Å². The molecular weight excluding hydrogens is 432 g/mol. The fourth-order valence-electron chi connectivity index (χ4n) is 4.12. The molecule has 0 bridgehead atoms. The summed E-state index contributed by atoms with van der Waals surface area (Å²) in [5.74, 6) is 0.582. The molecule has 1 fully saturated rings. The van der Waals surface area contributed by atoms with Gasteiger partial charge in [0.25, 0.3) is 0 Å². The predicted molar refractivity (Wildman–Crippen MR) is 120 cm³/mol. The number of carbonyl (C=O) groups is 1. The first-order valence-corrected chi connectivity index (χ1v) is 11.9. The molecule has 3 atom stereocenters. The van der Waals surface area contributed by atoms with Gasteiger partial charge in [-0.1, -0.05) is 17.7 Å². The van der Waals surface area contributed by atoms with E-state index in [1.807, 2.05) is 6.92 Å². The first-order valence-electron chi connectivity index (χ1n) is 10.5. The van der Waals surface area contributed by atoms with Crippen LogP contribution in [0.5, 0.6) is 11.5 Å². The number of methoxy groups -OCH3 is 2. The van der Waals surface area contributed by atoms with Crippen molar-refractivity contribution >= 4 is 16.0 Å². The molecule has 174 valence electrons. The monoisotopic (exact) mass is 462 g/mol. The van der Waals surface area contributed by atoms with Gasteiger partial charge >= 0.3 is 5.97 Å². The van der Waals surface area contributed by atoms with Crippen molar-refractivity contribution in [1.29, 1.82) is 0 Å². The average Bonchev–Trinajstić information content (AvgIpc) is 3.09. The van der Waals surface area contributed by atoms with Gasteiger partial charge in [0, 0.05) is 18.2 Å². The molecule has 2 aromatic carbocycles. The maximum absolute atomic E-state index is 13.8. The topological polar surface area (TPSA) is 108 Å². The fourth-order valence-corrected chi connectivity index (χ4v) is 5.97. The molecule has 9 heteroatoms. The third-order valence-electron chi connectivity index (χ3n) is 5.60. The highest BCUT2D eigenvalue weighted by atomic mass is 32.2. The van der Waals surface area contributed by atoms with Crippen LogP contribution in [0.15, 0.2) is 47.4 Å². The maximum Gasteiger partial charge on any atom is 0.307 e. The standard InChI is InChI=1S/C23H30N2O6S/c1-5-31-22(26)13-17-12-21(24)23(16-10-18(29-3)14-19(11-16)30-4)25(17)32(27,28)20-8-6-15(2)7-9-20/h6-11,14,17,21,23H,5,12-13,24H2,1-4H3/t17-,21+,23-/m0/s1. The van der Waals surface area contributed by atoms with Crippen molar-refractivity contribution in [3.63, 3.8) is 0 Å². The van der Waals surface area contributed by atoms with Crippen molar-refractivity contribution in [2.75, 3.05) is 20.8 Å². The van der Waals surface area contributed by atoms with Crippen molar-refractivity contribution in [2.24, 2.45) is 5.73 Å². The molecular formula is C23H30N2O6S. The Balaban J connectivity index is 2.12.